The highest BCUT2D eigenvalue weighted by molar-refractivity contribution is 6.30. The molecule has 1 N–H and O–H groups in total. The molecule has 3 aromatic rings. The Bertz CT molecular complexity index is 1320. The average Bonchev–Trinajstić information content (AvgIpc) is 2.85. The van der Waals surface area contributed by atoms with Crippen LogP contribution in [0, 0.1) is 11.3 Å². The molecule has 0 aromatic heterocycles. The van der Waals surface area contributed by atoms with Gasteiger partial charge in [0.1, 0.15) is 5.75 Å². The third-order valence-corrected chi connectivity index (χ3v) is 4.93. The van der Waals surface area contributed by atoms with Gasteiger partial charge in [-0.1, -0.05) is 36.4 Å². The van der Waals surface area contributed by atoms with Crippen molar-refractivity contribution in [3.63, 3.8) is 0 Å². The van der Waals surface area contributed by atoms with Crippen LogP contribution in [0.4, 0.5) is 5.69 Å². The lowest BCUT2D eigenvalue weighted by Crippen LogP contribution is -2.26. The van der Waals surface area contributed by atoms with Crippen molar-refractivity contribution in [3.8, 4) is 11.8 Å². The van der Waals surface area contributed by atoms with E-state index in [0.29, 0.717) is 16.9 Å². The molecule has 3 aromatic carbocycles. The first-order valence-electron chi connectivity index (χ1n) is 9.88. The molecule has 8 heteroatoms. The van der Waals surface area contributed by atoms with Gasteiger partial charge in [0.15, 0.2) is 24.8 Å². The van der Waals surface area contributed by atoms with Crippen molar-refractivity contribution in [1.82, 2.24) is 0 Å². The molecule has 0 unspecified atom stereocenters. The van der Waals surface area contributed by atoms with E-state index in [2.05, 4.69) is 5.32 Å². The molecule has 4 rings (SSSR count). The number of carbonyl (C=O) groups excluding carboxylic acids is 4. The van der Waals surface area contributed by atoms with Gasteiger partial charge in [0.25, 0.3) is 5.91 Å². The van der Waals surface area contributed by atoms with Crippen LogP contribution in [0.2, 0.25) is 0 Å². The zero-order valence-corrected chi connectivity index (χ0v) is 17.2. The molecule has 0 aliphatic heterocycles. The summed E-state index contributed by atoms with van der Waals surface area (Å²) in [6.45, 7) is -1.03. The maximum Gasteiger partial charge on any atom is 0.344 e. The third kappa shape index (κ3) is 4.48. The van der Waals surface area contributed by atoms with Crippen molar-refractivity contribution in [3.05, 3.63) is 94.5 Å². The first-order valence-corrected chi connectivity index (χ1v) is 9.88. The Hall–Kier alpha value is -4.77. The quantitative estimate of drug-likeness (QED) is 0.457. The van der Waals surface area contributed by atoms with Crippen LogP contribution in [0.15, 0.2) is 66.7 Å². The van der Waals surface area contributed by atoms with Crippen LogP contribution in [0.3, 0.4) is 0 Å². The number of anilines is 1. The molecular formula is C25H16N2O6. The summed E-state index contributed by atoms with van der Waals surface area (Å²) < 4.78 is 10.2. The van der Waals surface area contributed by atoms with Gasteiger partial charge in [-0.3, -0.25) is 14.4 Å². The Morgan fingerprint density at radius 3 is 2.18 bits per heavy atom. The van der Waals surface area contributed by atoms with Crippen molar-refractivity contribution in [2.24, 2.45) is 0 Å². The normalized spacial score (nSPS) is 11.6. The molecule has 0 bridgehead atoms. The molecule has 0 heterocycles. The molecule has 0 saturated heterocycles. The second-order valence-corrected chi connectivity index (χ2v) is 7.07. The standard InChI is InChI=1S/C25H16N2O6/c26-12-15-8-10-16(11-9-15)32-14-22(29)33-13-21(28)27-20-7-3-6-19-23(20)25(31)18-5-2-1-4-17(18)24(19)30/h1-11H,13-14H2,(H,27,28). The van der Waals surface area contributed by atoms with Crippen molar-refractivity contribution in [1.29, 1.82) is 5.26 Å². The van der Waals surface area contributed by atoms with Crippen LogP contribution in [0.1, 0.15) is 37.4 Å². The predicted molar refractivity (Wildman–Crippen MR) is 116 cm³/mol. The topological polar surface area (TPSA) is 123 Å². The highest BCUT2D eigenvalue weighted by Gasteiger charge is 2.31. The predicted octanol–water partition coefficient (Wildman–Crippen LogP) is 2.89. The number of hydrogen-bond acceptors (Lipinski definition) is 7. The van der Waals surface area contributed by atoms with E-state index in [9.17, 15) is 19.2 Å². The largest absolute Gasteiger partial charge is 0.482 e. The Morgan fingerprint density at radius 2 is 1.48 bits per heavy atom. The number of hydrogen-bond donors (Lipinski definition) is 1. The van der Waals surface area contributed by atoms with Crippen molar-refractivity contribution >= 4 is 29.1 Å². The number of fused-ring (bicyclic) bond motifs is 2. The number of nitriles is 1. The molecule has 1 amide bonds. The van der Waals surface area contributed by atoms with Crippen LogP contribution in [0.25, 0.3) is 0 Å². The molecule has 162 valence electrons. The van der Waals surface area contributed by atoms with E-state index < -0.39 is 25.1 Å². The molecule has 0 atom stereocenters. The van der Waals surface area contributed by atoms with Crippen molar-refractivity contribution in [2.45, 2.75) is 0 Å². The molecule has 1 aliphatic carbocycles. The fourth-order valence-electron chi connectivity index (χ4n) is 3.39. The Morgan fingerprint density at radius 1 is 0.818 bits per heavy atom. The summed E-state index contributed by atoms with van der Waals surface area (Å²) in [5.41, 5.74) is 1.50. The summed E-state index contributed by atoms with van der Waals surface area (Å²) in [5, 5.41) is 11.3. The zero-order valence-electron chi connectivity index (χ0n) is 17.2. The number of benzene rings is 3. The van der Waals surface area contributed by atoms with E-state index in [1.54, 1.807) is 42.5 Å². The van der Waals surface area contributed by atoms with Gasteiger partial charge in [-0.05, 0) is 30.3 Å². The third-order valence-electron chi connectivity index (χ3n) is 4.93. The van der Waals surface area contributed by atoms with Crippen LogP contribution in [0.5, 0.6) is 5.75 Å². The number of nitrogens with one attached hydrogen (secondary N) is 1. The van der Waals surface area contributed by atoms with Crippen molar-refractivity contribution < 1.29 is 28.7 Å². The van der Waals surface area contributed by atoms with E-state index in [4.69, 9.17) is 14.7 Å². The number of rotatable bonds is 6. The molecule has 0 spiro atoms. The number of ether oxygens (including phenoxy) is 2. The average molecular weight is 440 g/mol. The fraction of sp³-hybridized carbons (Fsp3) is 0.0800. The first-order chi connectivity index (χ1) is 16.0. The number of nitrogens with zero attached hydrogens (tertiary/aromatic N) is 1. The first kappa shape index (κ1) is 21.5. The molecule has 0 radical (unpaired) electrons. The van der Waals surface area contributed by atoms with Gasteiger partial charge in [0, 0.05) is 16.7 Å². The van der Waals surface area contributed by atoms with E-state index in [-0.39, 0.29) is 33.9 Å². The minimum atomic E-state index is -0.773. The van der Waals surface area contributed by atoms with Gasteiger partial charge in [0.2, 0.25) is 0 Å². The van der Waals surface area contributed by atoms with Crippen LogP contribution in [-0.2, 0) is 14.3 Å². The Balaban J connectivity index is 1.37. The summed E-state index contributed by atoms with van der Waals surface area (Å²) in [7, 11) is 0. The highest BCUT2D eigenvalue weighted by Crippen LogP contribution is 2.31. The summed E-state index contributed by atoms with van der Waals surface area (Å²) in [4.78, 5) is 49.9. The van der Waals surface area contributed by atoms with E-state index in [1.165, 1.54) is 24.3 Å². The molecular weight excluding hydrogens is 424 g/mol. The minimum Gasteiger partial charge on any atom is -0.482 e. The lowest BCUT2D eigenvalue weighted by atomic mass is 9.83. The number of carbonyl (C=O) groups is 4. The Kier molecular flexibility index (Phi) is 5.96. The van der Waals surface area contributed by atoms with E-state index >= 15 is 0 Å². The van der Waals surface area contributed by atoms with Gasteiger partial charge in [0.05, 0.1) is 22.9 Å². The number of ketones is 2. The lowest BCUT2D eigenvalue weighted by Gasteiger charge is -2.20. The maximum atomic E-state index is 13.0. The zero-order chi connectivity index (χ0) is 23.4. The van der Waals surface area contributed by atoms with Crippen LogP contribution in [-0.4, -0.2) is 36.7 Å². The smallest absolute Gasteiger partial charge is 0.344 e. The van der Waals surface area contributed by atoms with Gasteiger partial charge >= 0.3 is 5.97 Å². The Labute approximate surface area is 188 Å². The van der Waals surface area contributed by atoms with E-state index in [1.807, 2.05) is 6.07 Å². The second kappa shape index (κ2) is 9.16. The lowest BCUT2D eigenvalue weighted by molar-refractivity contribution is -0.149. The van der Waals surface area contributed by atoms with Crippen molar-refractivity contribution in [2.75, 3.05) is 18.5 Å². The number of amides is 1. The molecule has 0 fully saturated rings. The van der Waals surface area contributed by atoms with Gasteiger partial charge in [-0.15, -0.1) is 0 Å². The molecule has 33 heavy (non-hydrogen) atoms. The summed E-state index contributed by atoms with van der Waals surface area (Å²) >= 11 is 0. The minimum absolute atomic E-state index is 0.102. The maximum absolute atomic E-state index is 13.0. The van der Waals surface area contributed by atoms with E-state index in [0.717, 1.165) is 0 Å². The number of esters is 1. The summed E-state index contributed by atoms with van der Waals surface area (Å²) in [6.07, 6.45) is 0. The molecule has 0 saturated carbocycles. The molecule has 8 nitrogen and oxygen atoms in total. The second-order valence-electron chi connectivity index (χ2n) is 7.07. The van der Waals surface area contributed by atoms with Crippen LogP contribution < -0.4 is 10.1 Å². The summed E-state index contributed by atoms with van der Waals surface area (Å²) in [5.74, 6) is -1.75. The highest BCUT2D eigenvalue weighted by atomic mass is 16.6. The van der Waals surface area contributed by atoms with Gasteiger partial charge in [-0.2, -0.15) is 5.26 Å². The van der Waals surface area contributed by atoms with Crippen LogP contribution >= 0.6 is 0 Å². The monoisotopic (exact) mass is 440 g/mol. The van der Waals surface area contributed by atoms with Gasteiger partial charge < -0.3 is 14.8 Å². The molecule has 1 aliphatic rings. The summed E-state index contributed by atoms with van der Waals surface area (Å²) in [6, 6.07) is 19.2. The van der Waals surface area contributed by atoms with Gasteiger partial charge in [-0.25, -0.2) is 4.79 Å². The fourth-order valence-corrected chi connectivity index (χ4v) is 3.39. The SMILES string of the molecule is N#Cc1ccc(OCC(=O)OCC(=O)Nc2cccc3c2C(=O)c2ccccc2C3=O)cc1.